The van der Waals surface area contributed by atoms with E-state index in [1.807, 2.05) is 32.2 Å². The van der Waals surface area contributed by atoms with E-state index in [1.165, 1.54) is 0 Å². The number of halogens is 2. The average molecular weight is 398 g/mol. The number of nitrogens with one attached hydrogen (secondary N) is 2. The molecule has 0 aliphatic rings. The molecule has 2 rings (SSSR count). The lowest BCUT2D eigenvalue weighted by atomic mass is 10.1. The summed E-state index contributed by atoms with van der Waals surface area (Å²) in [5.41, 5.74) is 1.54. The summed E-state index contributed by atoms with van der Waals surface area (Å²) in [5.74, 6) is 1.23. The van der Waals surface area contributed by atoms with Crippen molar-refractivity contribution in [2.24, 2.45) is 0 Å². The monoisotopic (exact) mass is 397 g/mol. The van der Waals surface area contributed by atoms with E-state index >= 15 is 0 Å². The minimum Gasteiger partial charge on any atom is -0.493 e. The van der Waals surface area contributed by atoms with E-state index in [2.05, 4.69) is 5.32 Å². The van der Waals surface area contributed by atoms with Gasteiger partial charge >= 0.3 is 0 Å². The van der Waals surface area contributed by atoms with Gasteiger partial charge in [-0.05, 0) is 37.3 Å². The van der Waals surface area contributed by atoms with E-state index in [0.29, 0.717) is 33.8 Å². The molecule has 7 heteroatoms. The molecule has 0 radical (unpaired) electrons. The smallest absolute Gasteiger partial charge is 0.282 e. The van der Waals surface area contributed by atoms with Crippen molar-refractivity contribution in [3.8, 4) is 11.5 Å². The average Bonchev–Trinajstić information content (AvgIpc) is 2.59. The Morgan fingerprint density at radius 3 is 2.38 bits per heavy atom. The number of hydrogen-bond acceptors (Lipinski definition) is 3. The fraction of sp³-hybridized carbons (Fsp3) is 0.316. The number of benzene rings is 2. The summed E-state index contributed by atoms with van der Waals surface area (Å²) in [6.45, 7) is 2.47. The molecule has 0 aliphatic carbocycles. The van der Waals surface area contributed by atoms with Crippen molar-refractivity contribution in [3.05, 3.63) is 52.0 Å². The minimum atomic E-state index is -0.302. The second kappa shape index (κ2) is 9.12. The first-order valence-corrected chi connectivity index (χ1v) is 8.90. The third-order valence-electron chi connectivity index (χ3n) is 4.22. The minimum absolute atomic E-state index is 0.123. The van der Waals surface area contributed by atoms with Gasteiger partial charge in [-0.2, -0.15) is 0 Å². The Morgan fingerprint density at radius 1 is 1.15 bits per heavy atom. The molecule has 1 amide bonds. The maximum Gasteiger partial charge on any atom is 0.282 e. The molecule has 2 aromatic rings. The summed E-state index contributed by atoms with van der Waals surface area (Å²) in [6.07, 6.45) is 0. The summed E-state index contributed by atoms with van der Waals surface area (Å²) in [4.78, 5) is 13.6. The van der Waals surface area contributed by atoms with Crippen LogP contribution >= 0.6 is 23.2 Å². The fourth-order valence-corrected chi connectivity index (χ4v) is 3.17. The van der Waals surface area contributed by atoms with Gasteiger partial charge in [-0.1, -0.05) is 29.3 Å². The molecule has 0 saturated carbocycles. The molecule has 2 aromatic carbocycles. The van der Waals surface area contributed by atoms with Gasteiger partial charge < -0.3 is 19.7 Å². The first kappa shape index (κ1) is 20.4. The van der Waals surface area contributed by atoms with Crippen LogP contribution in [0.5, 0.6) is 11.5 Å². The van der Waals surface area contributed by atoms with Gasteiger partial charge in [-0.25, -0.2) is 0 Å². The third kappa shape index (κ3) is 5.04. The Hall–Kier alpha value is -1.95. The normalized spacial score (nSPS) is 13.0. The highest BCUT2D eigenvalue weighted by atomic mass is 35.5. The largest absolute Gasteiger partial charge is 0.493 e. The number of anilines is 1. The van der Waals surface area contributed by atoms with E-state index in [1.54, 1.807) is 32.4 Å². The standard InChI is InChI=1S/C19H22Cl2N2O3/c1-12(19(24)22-16-9-14(20)8-15(21)10-16)23(2)11-13-6-5-7-17(25-3)18(13)26-4/h5-10,12H,11H2,1-4H3,(H,22,24)/p+1/t12-/m0/s1. The number of para-hydroxylation sites is 1. The zero-order valence-corrected chi connectivity index (χ0v) is 16.7. The van der Waals surface area contributed by atoms with Crippen LogP contribution in [-0.4, -0.2) is 33.2 Å². The van der Waals surface area contributed by atoms with Crippen molar-refractivity contribution in [1.82, 2.24) is 0 Å². The second-order valence-electron chi connectivity index (χ2n) is 6.04. The van der Waals surface area contributed by atoms with Gasteiger partial charge in [-0.15, -0.1) is 0 Å². The van der Waals surface area contributed by atoms with Crippen LogP contribution in [-0.2, 0) is 11.3 Å². The Balaban J connectivity index is 2.09. The molecule has 2 N–H and O–H groups in total. The number of carbonyl (C=O) groups is 1. The maximum absolute atomic E-state index is 12.6. The molecule has 0 aromatic heterocycles. The Labute approximate surface area is 163 Å². The third-order valence-corrected chi connectivity index (χ3v) is 4.65. The number of amides is 1. The predicted molar refractivity (Wildman–Crippen MR) is 105 cm³/mol. The highest BCUT2D eigenvalue weighted by Gasteiger charge is 2.24. The predicted octanol–water partition coefficient (Wildman–Crippen LogP) is 3.05. The molecule has 26 heavy (non-hydrogen) atoms. The van der Waals surface area contributed by atoms with Gasteiger partial charge in [0.1, 0.15) is 6.54 Å². The van der Waals surface area contributed by atoms with Crippen molar-refractivity contribution >= 4 is 34.8 Å². The van der Waals surface area contributed by atoms with Gasteiger partial charge in [0.25, 0.3) is 5.91 Å². The summed E-state index contributed by atoms with van der Waals surface area (Å²) in [6, 6.07) is 10.4. The molecule has 0 spiro atoms. The van der Waals surface area contributed by atoms with Crippen LogP contribution in [0, 0.1) is 0 Å². The number of quaternary nitrogens is 1. The summed E-state index contributed by atoms with van der Waals surface area (Å²) >= 11 is 12.0. The highest BCUT2D eigenvalue weighted by Crippen LogP contribution is 2.30. The van der Waals surface area contributed by atoms with Gasteiger partial charge in [0.05, 0.1) is 26.8 Å². The van der Waals surface area contributed by atoms with Gasteiger partial charge in [0.15, 0.2) is 17.5 Å². The fourth-order valence-electron chi connectivity index (χ4n) is 2.65. The molecular formula is C19H23Cl2N2O3+. The molecule has 140 valence electrons. The molecule has 5 nitrogen and oxygen atoms in total. The molecule has 2 atom stereocenters. The first-order valence-electron chi connectivity index (χ1n) is 8.14. The number of hydrogen-bond donors (Lipinski definition) is 2. The first-order chi connectivity index (χ1) is 12.3. The highest BCUT2D eigenvalue weighted by molar-refractivity contribution is 6.35. The lowest BCUT2D eigenvalue weighted by Crippen LogP contribution is -3.12. The van der Waals surface area contributed by atoms with Gasteiger partial charge in [0.2, 0.25) is 0 Å². The van der Waals surface area contributed by atoms with Crippen LogP contribution in [0.15, 0.2) is 36.4 Å². The summed E-state index contributed by atoms with van der Waals surface area (Å²) < 4.78 is 10.8. The van der Waals surface area contributed by atoms with Gasteiger partial charge in [-0.3, -0.25) is 4.79 Å². The van der Waals surface area contributed by atoms with E-state index < -0.39 is 0 Å². The lowest BCUT2D eigenvalue weighted by molar-refractivity contribution is -0.907. The number of methoxy groups -OCH3 is 2. The van der Waals surface area contributed by atoms with Crippen molar-refractivity contribution in [2.45, 2.75) is 19.5 Å². The van der Waals surface area contributed by atoms with Crippen LogP contribution in [0.1, 0.15) is 12.5 Å². The number of likely N-dealkylation sites (N-methyl/N-ethyl adjacent to an activating group) is 1. The number of rotatable bonds is 7. The van der Waals surface area contributed by atoms with Crippen molar-refractivity contribution < 1.29 is 19.2 Å². The SMILES string of the molecule is COc1cccc(C[NH+](C)[C@@H](C)C(=O)Nc2cc(Cl)cc(Cl)c2)c1OC. The van der Waals surface area contributed by atoms with E-state index in [-0.39, 0.29) is 11.9 Å². The molecule has 0 heterocycles. The zero-order chi connectivity index (χ0) is 19.3. The molecule has 0 saturated heterocycles. The quantitative estimate of drug-likeness (QED) is 0.754. The Bertz CT molecular complexity index is 763. The molecular weight excluding hydrogens is 375 g/mol. The van der Waals surface area contributed by atoms with Crippen molar-refractivity contribution in [1.29, 1.82) is 0 Å². The van der Waals surface area contributed by atoms with Crippen LogP contribution < -0.4 is 19.7 Å². The molecule has 1 unspecified atom stereocenters. The number of ether oxygens (including phenoxy) is 2. The zero-order valence-electron chi connectivity index (χ0n) is 15.2. The number of carbonyl (C=O) groups excluding carboxylic acids is 1. The van der Waals surface area contributed by atoms with Crippen LogP contribution in [0.4, 0.5) is 5.69 Å². The molecule has 0 bridgehead atoms. The second-order valence-corrected chi connectivity index (χ2v) is 6.92. The van der Waals surface area contributed by atoms with Crippen LogP contribution in [0.25, 0.3) is 0 Å². The molecule has 0 fully saturated rings. The van der Waals surface area contributed by atoms with Crippen LogP contribution in [0.3, 0.4) is 0 Å². The Morgan fingerprint density at radius 2 is 1.81 bits per heavy atom. The molecule has 0 aliphatic heterocycles. The topological polar surface area (TPSA) is 52.0 Å². The summed E-state index contributed by atoms with van der Waals surface area (Å²) in [5, 5.41) is 3.81. The Kier molecular flexibility index (Phi) is 7.14. The maximum atomic E-state index is 12.6. The van der Waals surface area contributed by atoms with Crippen molar-refractivity contribution in [2.75, 3.05) is 26.6 Å². The van der Waals surface area contributed by atoms with Crippen molar-refractivity contribution in [3.63, 3.8) is 0 Å². The van der Waals surface area contributed by atoms with E-state index in [0.717, 1.165) is 10.5 Å². The van der Waals surface area contributed by atoms with E-state index in [4.69, 9.17) is 32.7 Å². The van der Waals surface area contributed by atoms with Crippen LogP contribution in [0.2, 0.25) is 10.0 Å². The van der Waals surface area contributed by atoms with E-state index in [9.17, 15) is 4.79 Å². The van der Waals surface area contributed by atoms with Gasteiger partial charge in [0, 0.05) is 15.7 Å². The summed E-state index contributed by atoms with van der Waals surface area (Å²) in [7, 11) is 5.16. The lowest BCUT2D eigenvalue weighted by Gasteiger charge is -2.22.